The Labute approximate surface area is 89.3 Å². The van der Waals surface area contributed by atoms with Crippen molar-refractivity contribution in [3.8, 4) is 0 Å². The molecule has 0 aromatic heterocycles. The van der Waals surface area contributed by atoms with Gasteiger partial charge in [-0.05, 0) is 55.0 Å². The number of aryl methyl sites for hydroxylation is 1. The average molecular weight is 206 g/mol. The van der Waals surface area contributed by atoms with E-state index in [-0.39, 0.29) is 5.82 Å². The predicted octanol–water partition coefficient (Wildman–Crippen LogP) is 3.28. The van der Waals surface area contributed by atoms with Gasteiger partial charge in [0.2, 0.25) is 0 Å². The number of allylic oxidation sites excluding steroid dienone is 1. The Morgan fingerprint density at radius 3 is 2.80 bits per heavy atom. The van der Waals surface area contributed by atoms with Crippen LogP contribution < -0.4 is 0 Å². The summed E-state index contributed by atoms with van der Waals surface area (Å²) in [6.07, 6.45) is 4.66. The van der Waals surface area contributed by atoms with E-state index in [2.05, 4.69) is 6.08 Å². The quantitative estimate of drug-likeness (QED) is 0.736. The van der Waals surface area contributed by atoms with Gasteiger partial charge >= 0.3 is 0 Å². The smallest absolute Gasteiger partial charge is 0.123 e. The third-order valence-corrected chi connectivity index (χ3v) is 2.95. The second-order valence-corrected chi connectivity index (χ2v) is 4.07. The second-order valence-electron chi connectivity index (χ2n) is 4.07. The molecule has 2 heteroatoms. The zero-order chi connectivity index (χ0) is 10.8. The molecule has 1 aliphatic carbocycles. The van der Waals surface area contributed by atoms with Crippen molar-refractivity contribution in [3.63, 3.8) is 0 Å². The zero-order valence-corrected chi connectivity index (χ0v) is 8.83. The molecule has 1 nitrogen and oxygen atoms in total. The van der Waals surface area contributed by atoms with Crippen LogP contribution in [0.15, 0.2) is 29.8 Å². The first-order chi connectivity index (χ1) is 7.18. The normalized spacial score (nSPS) is 17.7. The van der Waals surface area contributed by atoms with E-state index in [9.17, 15) is 9.50 Å². The van der Waals surface area contributed by atoms with E-state index in [4.69, 9.17) is 0 Å². The third-order valence-electron chi connectivity index (χ3n) is 2.95. The van der Waals surface area contributed by atoms with Crippen molar-refractivity contribution >= 4 is 0 Å². The SMILES string of the molecule is Cc1cc(F)ccc1C(O)C1=CCCC1. The molecule has 1 aliphatic rings. The number of hydrogen-bond donors (Lipinski definition) is 1. The second kappa shape index (κ2) is 4.15. The van der Waals surface area contributed by atoms with Gasteiger partial charge in [-0.3, -0.25) is 0 Å². The number of halogens is 1. The van der Waals surface area contributed by atoms with Gasteiger partial charge in [-0.25, -0.2) is 4.39 Å². The minimum Gasteiger partial charge on any atom is -0.384 e. The molecule has 0 radical (unpaired) electrons. The summed E-state index contributed by atoms with van der Waals surface area (Å²) >= 11 is 0. The van der Waals surface area contributed by atoms with Crippen LogP contribution in [0, 0.1) is 12.7 Å². The molecule has 0 saturated heterocycles. The molecule has 1 atom stereocenters. The van der Waals surface area contributed by atoms with Crippen LogP contribution in [0.4, 0.5) is 4.39 Å². The van der Waals surface area contributed by atoms with Gasteiger partial charge in [0.05, 0.1) is 0 Å². The first-order valence-corrected chi connectivity index (χ1v) is 5.31. The van der Waals surface area contributed by atoms with E-state index < -0.39 is 6.10 Å². The lowest BCUT2D eigenvalue weighted by Crippen LogP contribution is -2.02. The highest BCUT2D eigenvalue weighted by atomic mass is 19.1. The fourth-order valence-corrected chi connectivity index (χ4v) is 2.09. The monoisotopic (exact) mass is 206 g/mol. The van der Waals surface area contributed by atoms with Crippen LogP contribution in [-0.2, 0) is 0 Å². The maximum atomic E-state index is 12.9. The molecule has 2 rings (SSSR count). The fraction of sp³-hybridized carbons (Fsp3) is 0.385. The summed E-state index contributed by atoms with van der Waals surface area (Å²) in [5.74, 6) is -0.246. The topological polar surface area (TPSA) is 20.2 Å². The van der Waals surface area contributed by atoms with Gasteiger partial charge < -0.3 is 5.11 Å². The molecule has 0 fully saturated rings. The molecule has 1 unspecified atom stereocenters. The highest BCUT2D eigenvalue weighted by molar-refractivity contribution is 5.34. The highest BCUT2D eigenvalue weighted by Gasteiger charge is 2.17. The predicted molar refractivity (Wildman–Crippen MR) is 58.0 cm³/mol. The standard InChI is InChI=1S/C13H15FO/c1-9-8-11(14)6-7-12(9)13(15)10-4-2-3-5-10/h4,6-8,13,15H,2-3,5H2,1H3. The van der Waals surface area contributed by atoms with Crippen LogP contribution in [0.25, 0.3) is 0 Å². The Balaban J connectivity index is 2.28. The van der Waals surface area contributed by atoms with Gasteiger partial charge in [-0.15, -0.1) is 0 Å². The number of aliphatic hydroxyl groups is 1. The average Bonchev–Trinajstić information content (AvgIpc) is 2.69. The Kier molecular flexibility index (Phi) is 2.87. The van der Waals surface area contributed by atoms with E-state index in [0.717, 1.165) is 36.0 Å². The summed E-state index contributed by atoms with van der Waals surface area (Å²) in [6.45, 7) is 1.83. The van der Waals surface area contributed by atoms with E-state index in [1.165, 1.54) is 12.1 Å². The lowest BCUT2D eigenvalue weighted by molar-refractivity contribution is 0.212. The summed E-state index contributed by atoms with van der Waals surface area (Å²) < 4.78 is 12.9. The Morgan fingerprint density at radius 2 is 2.20 bits per heavy atom. The fourth-order valence-electron chi connectivity index (χ4n) is 2.09. The van der Waals surface area contributed by atoms with Crippen molar-refractivity contribution in [2.45, 2.75) is 32.3 Å². The Bertz CT molecular complexity index is 396. The molecule has 80 valence electrons. The minimum absolute atomic E-state index is 0.246. The van der Waals surface area contributed by atoms with Crippen molar-refractivity contribution < 1.29 is 9.50 Å². The molecule has 1 aromatic carbocycles. The summed E-state index contributed by atoms with van der Waals surface area (Å²) in [5.41, 5.74) is 2.71. The zero-order valence-electron chi connectivity index (χ0n) is 8.83. The number of hydrogen-bond acceptors (Lipinski definition) is 1. The van der Waals surface area contributed by atoms with Crippen LogP contribution in [0.5, 0.6) is 0 Å². The van der Waals surface area contributed by atoms with E-state index in [1.807, 2.05) is 6.92 Å². The first kappa shape index (κ1) is 10.4. The molecule has 15 heavy (non-hydrogen) atoms. The third kappa shape index (κ3) is 2.10. The molecule has 1 aromatic rings. The van der Waals surface area contributed by atoms with Gasteiger partial charge in [0.1, 0.15) is 11.9 Å². The van der Waals surface area contributed by atoms with Crippen LogP contribution >= 0.6 is 0 Å². The van der Waals surface area contributed by atoms with Crippen LogP contribution in [0.1, 0.15) is 36.5 Å². The van der Waals surface area contributed by atoms with E-state index in [0.29, 0.717) is 0 Å². The van der Waals surface area contributed by atoms with Crippen LogP contribution in [0.3, 0.4) is 0 Å². The van der Waals surface area contributed by atoms with Crippen molar-refractivity contribution in [2.24, 2.45) is 0 Å². The van der Waals surface area contributed by atoms with Gasteiger partial charge in [-0.2, -0.15) is 0 Å². The maximum Gasteiger partial charge on any atom is 0.123 e. The Morgan fingerprint density at radius 1 is 1.40 bits per heavy atom. The molecular formula is C13H15FO. The molecule has 0 spiro atoms. The number of aliphatic hydroxyl groups excluding tert-OH is 1. The molecule has 0 saturated carbocycles. The maximum absolute atomic E-state index is 12.9. The number of rotatable bonds is 2. The van der Waals surface area contributed by atoms with Crippen molar-refractivity contribution in [1.82, 2.24) is 0 Å². The van der Waals surface area contributed by atoms with Crippen LogP contribution in [0.2, 0.25) is 0 Å². The first-order valence-electron chi connectivity index (χ1n) is 5.31. The molecular weight excluding hydrogens is 191 g/mol. The summed E-state index contributed by atoms with van der Waals surface area (Å²) in [6, 6.07) is 4.55. The van der Waals surface area contributed by atoms with Crippen molar-refractivity contribution in [3.05, 3.63) is 46.8 Å². The van der Waals surface area contributed by atoms with Gasteiger partial charge in [0.15, 0.2) is 0 Å². The van der Waals surface area contributed by atoms with Crippen molar-refractivity contribution in [2.75, 3.05) is 0 Å². The molecule has 0 bridgehead atoms. The lowest BCUT2D eigenvalue weighted by Gasteiger charge is -2.14. The summed E-state index contributed by atoms with van der Waals surface area (Å²) in [4.78, 5) is 0. The van der Waals surface area contributed by atoms with Gasteiger partial charge in [0.25, 0.3) is 0 Å². The Hall–Kier alpha value is -1.15. The molecule has 0 heterocycles. The lowest BCUT2D eigenvalue weighted by atomic mass is 9.97. The number of benzene rings is 1. The van der Waals surface area contributed by atoms with Crippen LogP contribution in [-0.4, -0.2) is 5.11 Å². The van der Waals surface area contributed by atoms with Gasteiger partial charge in [0, 0.05) is 0 Å². The van der Waals surface area contributed by atoms with Crippen molar-refractivity contribution in [1.29, 1.82) is 0 Å². The summed E-state index contributed by atoms with van der Waals surface area (Å²) in [5, 5.41) is 10.1. The molecule has 1 N–H and O–H groups in total. The van der Waals surface area contributed by atoms with Gasteiger partial charge in [-0.1, -0.05) is 12.1 Å². The highest BCUT2D eigenvalue weighted by Crippen LogP contribution is 2.32. The minimum atomic E-state index is -0.548. The molecule has 0 aliphatic heterocycles. The summed E-state index contributed by atoms with van der Waals surface area (Å²) in [7, 11) is 0. The van der Waals surface area contributed by atoms with E-state index in [1.54, 1.807) is 6.07 Å². The largest absolute Gasteiger partial charge is 0.384 e. The van der Waals surface area contributed by atoms with E-state index >= 15 is 0 Å². The molecule has 0 amide bonds.